The lowest BCUT2D eigenvalue weighted by Crippen LogP contribution is -2.60. The molecule has 1 fully saturated rings. The van der Waals surface area contributed by atoms with Gasteiger partial charge in [0.25, 0.3) is 0 Å². The third-order valence-electron chi connectivity index (χ3n) is 4.25. The molecule has 19 heavy (non-hydrogen) atoms. The first-order chi connectivity index (χ1) is 8.80. The second kappa shape index (κ2) is 6.37. The molecule has 0 aromatic heterocycles. The van der Waals surface area contributed by atoms with Gasteiger partial charge in [0.1, 0.15) is 6.04 Å². The molecule has 4 N–H and O–H groups in total. The molecular weight excluding hydrogens is 244 g/mol. The third kappa shape index (κ3) is 3.93. The second-order valence-electron chi connectivity index (χ2n) is 6.03. The molecule has 1 amide bonds. The molecule has 5 heteroatoms. The smallest absolute Gasteiger partial charge is 0.326 e. The number of amides is 1. The quantitative estimate of drug-likeness (QED) is 0.706. The van der Waals surface area contributed by atoms with Crippen molar-refractivity contribution in [2.75, 3.05) is 0 Å². The highest BCUT2D eigenvalue weighted by atomic mass is 16.4. The zero-order valence-corrected chi connectivity index (χ0v) is 12.1. The van der Waals surface area contributed by atoms with E-state index < -0.39 is 17.6 Å². The van der Waals surface area contributed by atoms with E-state index in [1.807, 2.05) is 13.8 Å². The van der Waals surface area contributed by atoms with Gasteiger partial charge in [-0.15, -0.1) is 0 Å². The molecule has 4 unspecified atom stereocenters. The Kier molecular flexibility index (Phi) is 5.35. The van der Waals surface area contributed by atoms with E-state index in [1.165, 1.54) is 0 Å². The van der Waals surface area contributed by atoms with Crippen LogP contribution >= 0.6 is 0 Å². The summed E-state index contributed by atoms with van der Waals surface area (Å²) in [6.45, 7) is 5.82. The van der Waals surface area contributed by atoms with Crippen LogP contribution in [-0.2, 0) is 9.59 Å². The van der Waals surface area contributed by atoms with Crippen LogP contribution in [-0.4, -0.2) is 28.6 Å². The molecule has 0 aromatic rings. The maximum Gasteiger partial charge on any atom is 0.326 e. The van der Waals surface area contributed by atoms with Gasteiger partial charge < -0.3 is 16.2 Å². The van der Waals surface area contributed by atoms with Crippen LogP contribution < -0.4 is 11.1 Å². The number of hydrogen-bond donors (Lipinski definition) is 3. The number of carboxylic acid groups (broad SMARTS) is 1. The van der Waals surface area contributed by atoms with Crippen molar-refractivity contribution >= 4 is 11.9 Å². The minimum atomic E-state index is -0.991. The van der Waals surface area contributed by atoms with E-state index in [0.717, 1.165) is 12.8 Å². The summed E-state index contributed by atoms with van der Waals surface area (Å²) in [6, 6.07) is -0.852. The summed E-state index contributed by atoms with van der Waals surface area (Å²) in [7, 11) is 0. The van der Waals surface area contributed by atoms with E-state index in [9.17, 15) is 14.7 Å². The molecule has 1 saturated carbocycles. The molecule has 4 atom stereocenters. The minimum absolute atomic E-state index is 0.105. The number of hydrogen-bond acceptors (Lipinski definition) is 3. The number of carboxylic acids is 1. The first kappa shape index (κ1) is 16.0. The molecule has 0 saturated heterocycles. The zero-order chi connectivity index (χ0) is 14.6. The minimum Gasteiger partial charge on any atom is -0.480 e. The molecular formula is C14H26N2O3. The maximum atomic E-state index is 12.3. The topological polar surface area (TPSA) is 92.4 Å². The molecule has 1 aliphatic rings. The zero-order valence-electron chi connectivity index (χ0n) is 12.1. The SMILES string of the molecule is CCC(C)C(NC(=O)C1(N)CCCC(C)C1)C(=O)O. The lowest BCUT2D eigenvalue weighted by atomic mass is 9.76. The Bertz CT molecular complexity index is 346. The molecule has 0 aliphatic heterocycles. The Morgan fingerprint density at radius 2 is 2.16 bits per heavy atom. The number of rotatable bonds is 5. The van der Waals surface area contributed by atoms with E-state index in [1.54, 1.807) is 0 Å². The fraction of sp³-hybridized carbons (Fsp3) is 0.857. The maximum absolute atomic E-state index is 12.3. The van der Waals surface area contributed by atoms with Crippen LogP contribution in [0.5, 0.6) is 0 Å². The molecule has 110 valence electrons. The van der Waals surface area contributed by atoms with Crippen LogP contribution in [0.4, 0.5) is 0 Å². The molecule has 1 rings (SSSR count). The monoisotopic (exact) mass is 270 g/mol. The summed E-state index contributed by atoms with van der Waals surface area (Å²) in [5.41, 5.74) is 5.27. The fourth-order valence-corrected chi connectivity index (χ4v) is 2.77. The van der Waals surface area contributed by atoms with Crippen LogP contribution in [0.25, 0.3) is 0 Å². The Labute approximate surface area is 114 Å². The van der Waals surface area contributed by atoms with Crippen LogP contribution in [0.1, 0.15) is 52.9 Å². The van der Waals surface area contributed by atoms with Gasteiger partial charge in [0.05, 0.1) is 5.54 Å². The Morgan fingerprint density at radius 3 is 2.63 bits per heavy atom. The van der Waals surface area contributed by atoms with E-state index in [-0.39, 0.29) is 11.8 Å². The van der Waals surface area contributed by atoms with Crippen LogP contribution in [0.2, 0.25) is 0 Å². The first-order valence-electron chi connectivity index (χ1n) is 7.12. The number of aliphatic carboxylic acids is 1. The van der Waals surface area contributed by atoms with Crippen molar-refractivity contribution in [3.63, 3.8) is 0 Å². The van der Waals surface area contributed by atoms with Crippen LogP contribution in [0.15, 0.2) is 0 Å². The summed E-state index contributed by atoms with van der Waals surface area (Å²) < 4.78 is 0. The van der Waals surface area contributed by atoms with Crippen molar-refractivity contribution in [2.45, 2.75) is 64.5 Å². The Morgan fingerprint density at radius 1 is 1.53 bits per heavy atom. The molecule has 1 aliphatic carbocycles. The number of nitrogens with one attached hydrogen (secondary N) is 1. The van der Waals surface area contributed by atoms with Crippen LogP contribution in [0.3, 0.4) is 0 Å². The highest BCUT2D eigenvalue weighted by Gasteiger charge is 2.40. The van der Waals surface area contributed by atoms with Crippen molar-refractivity contribution < 1.29 is 14.7 Å². The van der Waals surface area contributed by atoms with E-state index >= 15 is 0 Å². The molecule has 0 radical (unpaired) electrons. The molecule has 0 heterocycles. The molecule has 0 aromatic carbocycles. The van der Waals surface area contributed by atoms with Gasteiger partial charge >= 0.3 is 5.97 Å². The van der Waals surface area contributed by atoms with Crippen molar-refractivity contribution in [3.05, 3.63) is 0 Å². The van der Waals surface area contributed by atoms with Gasteiger partial charge in [0.2, 0.25) is 5.91 Å². The summed E-state index contributed by atoms with van der Waals surface area (Å²) in [4.78, 5) is 23.5. The molecule has 0 spiro atoms. The van der Waals surface area contributed by atoms with Gasteiger partial charge in [-0.3, -0.25) is 4.79 Å². The Balaban J connectivity index is 2.73. The summed E-state index contributed by atoms with van der Waals surface area (Å²) >= 11 is 0. The number of carbonyl (C=O) groups is 2. The van der Waals surface area contributed by atoms with Gasteiger partial charge in [-0.1, -0.05) is 40.0 Å². The standard InChI is InChI=1S/C14H26N2O3/c1-4-10(3)11(12(17)18)16-13(19)14(15)7-5-6-9(2)8-14/h9-11H,4-8,15H2,1-3H3,(H,16,19)(H,17,18). The van der Waals surface area contributed by atoms with Crippen molar-refractivity contribution in [1.82, 2.24) is 5.32 Å². The lowest BCUT2D eigenvalue weighted by Gasteiger charge is -2.36. The molecule has 5 nitrogen and oxygen atoms in total. The van der Waals surface area contributed by atoms with Crippen molar-refractivity contribution in [3.8, 4) is 0 Å². The van der Waals surface area contributed by atoms with Crippen molar-refractivity contribution in [1.29, 1.82) is 0 Å². The van der Waals surface area contributed by atoms with Gasteiger partial charge in [-0.25, -0.2) is 4.79 Å². The van der Waals surface area contributed by atoms with Gasteiger partial charge in [-0.05, 0) is 24.7 Å². The van der Waals surface area contributed by atoms with E-state index in [0.29, 0.717) is 25.2 Å². The average molecular weight is 270 g/mol. The average Bonchev–Trinajstić information content (AvgIpc) is 2.34. The van der Waals surface area contributed by atoms with Gasteiger partial charge in [-0.2, -0.15) is 0 Å². The fourth-order valence-electron chi connectivity index (χ4n) is 2.77. The van der Waals surface area contributed by atoms with Gasteiger partial charge in [0.15, 0.2) is 0 Å². The highest BCUT2D eigenvalue weighted by molar-refractivity contribution is 5.90. The summed E-state index contributed by atoms with van der Waals surface area (Å²) in [6.07, 6.45) is 3.97. The van der Waals surface area contributed by atoms with Gasteiger partial charge in [0, 0.05) is 0 Å². The summed E-state index contributed by atoms with van der Waals surface area (Å²) in [5, 5.41) is 11.8. The van der Waals surface area contributed by atoms with E-state index in [2.05, 4.69) is 12.2 Å². The first-order valence-corrected chi connectivity index (χ1v) is 7.12. The number of carbonyl (C=O) groups excluding carboxylic acids is 1. The third-order valence-corrected chi connectivity index (χ3v) is 4.25. The van der Waals surface area contributed by atoms with E-state index in [4.69, 9.17) is 5.73 Å². The molecule has 0 bridgehead atoms. The van der Waals surface area contributed by atoms with Crippen molar-refractivity contribution in [2.24, 2.45) is 17.6 Å². The largest absolute Gasteiger partial charge is 0.480 e. The Hall–Kier alpha value is -1.10. The lowest BCUT2D eigenvalue weighted by molar-refractivity contribution is -0.144. The second-order valence-corrected chi connectivity index (χ2v) is 6.03. The van der Waals surface area contributed by atoms with Crippen LogP contribution in [0, 0.1) is 11.8 Å². The summed E-state index contributed by atoms with van der Waals surface area (Å²) in [5.74, 6) is -0.996. The normalized spacial score (nSPS) is 30.4. The predicted molar refractivity (Wildman–Crippen MR) is 73.6 cm³/mol. The predicted octanol–water partition coefficient (Wildman–Crippen LogP) is 1.51. The highest BCUT2D eigenvalue weighted by Crippen LogP contribution is 2.30. The number of nitrogens with two attached hydrogens (primary N) is 1.